The molecule has 1 heteroatoms. The smallest absolute Gasteiger partial charge is 0.0686 e. The van der Waals surface area contributed by atoms with Gasteiger partial charge in [-0.05, 0) is 56.8 Å². The molecule has 0 aliphatic heterocycles. The summed E-state index contributed by atoms with van der Waals surface area (Å²) in [7, 11) is 0. The van der Waals surface area contributed by atoms with Gasteiger partial charge in [0.25, 0.3) is 0 Å². The van der Waals surface area contributed by atoms with E-state index < -0.39 is 0 Å². The van der Waals surface area contributed by atoms with Crippen LogP contribution in [-0.2, 0) is 0 Å². The predicted octanol–water partition coefficient (Wildman–Crippen LogP) is 4.92. The normalized spacial score (nSPS) is 41.6. The monoisotopic (exact) mass is 233 g/mol. The molecule has 0 radical (unpaired) electrons. The van der Waals surface area contributed by atoms with Gasteiger partial charge in [-0.2, -0.15) is 5.26 Å². The van der Waals surface area contributed by atoms with Crippen molar-refractivity contribution in [3.8, 4) is 6.07 Å². The Bertz CT molecular complexity index is 290. The number of unbranched alkanes of at least 4 members (excludes halogenated alkanes) is 1. The molecule has 0 aromatic carbocycles. The minimum absolute atomic E-state index is 0.00256. The van der Waals surface area contributed by atoms with Gasteiger partial charge in [0.2, 0.25) is 0 Å². The summed E-state index contributed by atoms with van der Waals surface area (Å²) in [6, 6.07) is 2.56. The van der Waals surface area contributed by atoms with Crippen molar-refractivity contribution in [1.82, 2.24) is 0 Å². The lowest BCUT2D eigenvalue weighted by Gasteiger charge is -2.44. The van der Waals surface area contributed by atoms with Crippen LogP contribution in [0.4, 0.5) is 0 Å². The third kappa shape index (κ3) is 3.03. The Labute approximate surface area is 107 Å². The fourth-order valence-corrected chi connectivity index (χ4v) is 4.09. The van der Waals surface area contributed by atoms with Crippen molar-refractivity contribution in [2.24, 2.45) is 23.2 Å². The zero-order valence-corrected chi connectivity index (χ0v) is 11.5. The fraction of sp³-hybridized carbons (Fsp3) is 0.938. The number of hydrogen-bond donors (Lipinski definition) is 0. The van der Waals surface area contributed by atoms with Crippen LogP contribution < -0.4 is 0 Å². The zero-order valence-electron chi connectivity index (χ0n) is 11.5. The number of nitriles is 1. The highest BCUT2D eigenvalue weighted by molar-refractivity contribution is 5.01. The molecule has 0 heterocycles. The van der Waals surface area contributed by atoms with Crippen LogP contribution in [0.2, 0.25) is 0 Å². The molecule has 2 aliphatic rings. The Morgan fingerprint density at radius 2 is 2.06 bits per heavy atom. The molecule has 0 spiro atoms. The molecule has 2 saturated carbocycles. The average molecular weight is 233 g/mol. The second kappa shape index (κ2) is 5.42. The SMILES string of the molecule is CCCC[C@H]1CCC2C[C@@](C)(C#N)CC[C@H]2C1. The van der Waals surface area contributed by atoms with Crippen LogP contribution in [0.5, 0.6) is 0 Å². The third-order valence-corrected chi connectivity index (χ3v) is 5.26. The summed E-state index contributed by atoms with van der Waals surface area (Å²) >= 11 is 0. The van der Waals surface area contributed by atoms with E-state index >= 15 is 0 Å². The molecule has 0 saturated heterocycles. The summed E-state index contributed by atoms with van der Waals surface area (Å²) in [6.07, 6.45) is 12.1. The number of hydrogen-bond acceptors (Lipinski definition) is 1. The van der Waals surface area contributed by atoms with Gasteiger partial charge in [0.1, 0.15) is 0 Å². The number of fused-ring (bicyclic) bond motifs is 1. The molecular formula is C16H27N. The molecule has 1 nitrogen and oxygen atoms in total. The van der Waals surface area contributed by atoms with Crippen molar-refractivity contribution >= 4 is 0 Å². The fourth-order valence-electron chi connectivity index (χ4n) is 4.09. The van der Waals surface area contributed by atoms with Crippen molar-refractivity contribution in [3.05, 3.63) is 0 Å². The van der Waals surface area contributed by atoms with Crippen molar-refractivity contribution in [3.63, 3.8) is 0 Å². The molecule has 2 fully saturated rings. The van der Waals surface area contributed by atoms with Gasteiger partial charge in [-0.15, -0.1) is 0 Å². The van der Waals surface area contributed by atoms with E-state index in [1.807, 2.05) is 0 Å². The Morgan fingerprint density at radius 1 is 1.24 bits per heavy atom. The van der Waals surface area contributed by atoms with Gasteiger partial charge in [0.15, 0.2) is 0 Å². The first-order valence-corrected chi connectivity index (χ1v) is 7.58. The van der Waals surface area contributed by atoms with Gasteiger partial charge in [0.05, 0.1) is 11.5 Å². The molecular weight excluding hydrogens is 206 g/mol. The zero-order chi connectivity index (χ0) is 12.3. The number of nitrogens with zero attached hydrogens (tertiary/aromatic N) is 1. The van der Waals surface area contributed by atoms with Crippen LogP contribution in [0.15, 0.2) is 0 Å². The summed E-state index contributed by atoms with van der Waals surface area (Å²) in [4.78, 5) is 0. The topological polar surface area (TPSA) is 23.8 Å². The van der Waals surface area contributed by atoms with E-state index in [1.165, 1.54) is 51.4 Å². The maximum absolute atomic E-state index is 9.26. The van der Waals surface area contributed by atoms with E-state index in [9.17, 15) is 5.26 Å². The second-order valence-electron chi connectivity index (χ2n) is 6.76. The maximum Gasteiger partial charge on any atom is 0.0686 e. The van der Waals surface area contributed by atoms with E-state index in [1.54, 1.807) is 0 Å². The van der Waals surface area contributed by atoms with Crippen LogP contribution >= 0.6 is 0 Å². The van der Waals surface area contributed by atoms with Crippen LogP contribution in [0.25, 0.3) is 0 Å². The lowest BCUT2D eigenvalue weighted by atomic mass is 9.60. The molecule has 96 valence electrons. The van der Waals surface area contributed by atoms with Gasteiger partial charge in [-0.25, -0.2) is 0 Å². The standard InChI is InChI=1S/C16H27N/c1-3-4-5-13-6-7-15-11-16(2,12-17)9-8-14(15)10-13/h13-15H,3-11H2,1-2H3/t13-,14-,15?,16-/m0/s1. The van der Waals surface area contributed by atoms with E-state index in [0.29, 0.717) is 0 Å². The third-order valence-electron chi connectivity index (χ3n) is 5.26. The van der Waals surface area contributed by atoms with Gasteiger partial charge in [-0.1, -0.05) is 32.6 Å². The van der Waals surface area contributed by atoms with E-state index in [0.717, 1.165) is 24.2 Å². The Morgan fingerprint density at radius 3 is 2.76 bits per heavy atom. The Kier molecular flexibility index (Phi) is 4.13. The Hall–Kier alpha value is -0.510. The average Bonchev–Trinajstić information content (AvgIpc) is 2.36. The van der Waals surface area contributed by atoms with E-state index in [4.69, 9.17) is 0 Å². The van der Waals surface area contributed by atoms with Gasteiger partial charge < -0.3 is 0 Å². The highest BCUT2D eigenvalue weighted by Crippen LogP contribution is 2.49. The van der Waals surface area contributed by atoms with Crippen molar-refractivity contribution in [2.75, 3.05) is 0 Å². The van der Waals surface area contributed by atoms with Crippen molar-refractivity contribution in [1.29, 1.82) is 5.26 Å². The molecule has 0 N–H and O–H groups in total. The molecule has 2 rings (SSSR count). The second-order valence-corrected chi connectivity index (χ2v) is 6.76. The molecule has 0 aromatic rings. The molecule has 2 aliphatic carbocycles. The maximum atomic E-state index is 9.26. The highest BCUT2D eigenvalue weighted by atomic mass is 14.5. The molecule has 0 bridgehead atoms. The van der Waals surface area contributed by atoms with Crippen molar-refractivity contribution in [2.45, 2.75) is 71.6 Å². The first-order valence-electron chi connectivity index (χ1n) is 7.58. The summed E-state index contributed by atoms with van der Waals surface area (Å²) in [6.45, 7) is 4.47. The first-order chi connectivity index (χ1) is 8.17. The summed E-state index contributed by atoms with van der Waals surface area (Å²) in [5, 5.41) is 9.26. The highest BCUT2D eigenvalue weighted by Gasteiger charge is 2.40. The lowest BCUT2D eigenvalue weighted by Crippen LogP contribution is -2.35. The quantitative estimate of drug-likeness (QED) is 0.678. The first kappa shape index (κ1) is 12.9. The molecule has 17 heavy (non-hydrogen) atoms. The van der Waals surface area contributed by atoms with Crippen molar-refractivity contribution < 1.29 is 0 Å². The van der Waals surface area contributed by atoms with Gasteiger partial charge in [-0.3, -0.25) is 0 Å². The van der Waals surface area contributed by atoms with Crippen LogP contribution in [0.3, 0.4) is 0 Å². The van der Waals surface area contributed by atoms with E-state index in [-0.39, 0.29) is 5.41 Å². The molecule has 1 unspecified atom stereocenters. The molecule has 0 aromatic heterocycles. The summed E-state index contributed by atoms with van der Waals surface area (Å²) in [5.41, 5.74) is -0.00256. The van der Waals surface area contributed by atoms with Crippen LogP contribution in [0.1, 0.15) is 71.6 Å². The largest absolute Gasteiger partial charge is 0.198 e. The van der Waals surface area contributed by atoms with Gasteiger partial charge in [0, 0.05) is 0 Å². The van der Waals surface area contributed by atoms with E-state index in [2.05, 4.69) is 19.9 Å². The predicted molar refractivity (Wildman–Crippen MR) is 71.4 cm³/mol. The number of rotatable bonds is 3. The lowest BCUT2D eigenvalue weighted by molar-refractivity contribution is 0.0750. The minimum atomic E-state index is -0.00256. The molecule has 0 amide bonds. The van der Waals surface area contributed by atoms with Crippen LogP contribution in [-0.4, -0.2) is 0 Å². The summed E-state index contributed by atoms with van der Waals surface area (Å²) < 4.78 is 0. The van der Waals surface area contributed by atoms with Gasteiger partial charge >= 0.3 is 0 Å². The Balaban J connectivity index is 1.87. The molecule has 4 atom stereocenters. The van der Waals surface area contributed by atoms with Crippen LogP contribution in [0, 0.1) is 34.5 Å². The summed E-state index contributed by atoms with van der Waals surface area (Å²) in [5.74, 6) is 2.82. The minimum Gasteiger partial charge on any atom is -0.198 e.